The normalized spacial score (nSPS) is 11.0. The highest BCUT2D eigenvalue weighted by Crippen LogP contribution is 2.36. The molecule has 0 bridgehead atoms. The number of benzene rings is 3. The van der Waals surface area contributed by atoms with Crippen LogP contribution in [0.4, 0.5) is 5.69 Å². The van der Waals surface area contributed by atoms with Crippen LogP contribution in [0.25, 0.3) is 6.08 Å². The van der Waals surface area contributed by atoms with Gasteiger partial charge in [-0.1, -0.05) is 35.9 Å². The first-order chi connectivity index (χ1) is 16.3. The summed E-state index contributed by atoms with van der Waals surface area (Å²) in [5, 5.41) is 13.0. The van der Waals surface area contributed by atoms with E-state index in [1.54, 1.807) is 12.1 Å². The predicted molar refractivity (Wildman–Crippen MR) is 144 cm³/mol. The molecular formula is C27H24ClIN2O3. The monoisotopic (exact) mass is 586 g/mol. The molecule has 5 nitrogen and oxygen atoms in total. The van der Waals surface area contributed by atoms with Gasteiger partial charge in [0.05, 0.1) is 10.2 Å². The fourth-order valence-corrected chi connectivity index (χ4v) is 4.14. The molecule has 34 heavy (non-hydrogen) atoms. The Labute approximate surface area is 218 Å². The van der Waals surface area contributed by atoms with Gasteiger partial charge in [-0.25, -0.2) is 0 Å². The van der Waals surface area contributed by atoms with Crippen LogP contribution < -0.4 is 14.8 Å². The van der Waals surface area contributed by atoms with Crippen LogP contribution in [0.15, 0.2) is 60.2 Å². The van der Waals surface area contributed by atoms with Crippen LogP contribution in [0.1, 0.15) is 29.2 Å². The Bertz CT molecular complexity index is 1280. The van der Waals surface area contributed by atoms with Crippen molar-refractivity contribution in [1.29, 1.82) is 5.26 Å². The van der Waals surface area contributed by atoms with Crippen LogP contribution in [-0.4, -0.2) is 12.5 Å². The van der Waals surface area contributed by atoms with E-state index < -0.39 is 5.91 Å². The fourth-order valence-electron chi connectivity index (χ4n) is 3.17. The Kier molecular flexibility index (Phi) is 8.97. The number of halogens is 2. The summed E-state index contributed by atoms with van der Waals surface area (Å²) in [6.45, 7) is 6.57. The number of anilines is 1. The summed E-state index contributed by atoms with van der Waals surface area (Å²) in [5.41, 5.74) is 4.33. The highest BCUT2D eigenvalue weighted by Gasteiger charge is 2.15. The number of nitrogens with zero attached hydrogens (tertiary/aromatic N) is 1. The molecule has 3 aromatic rings. The SMILES string of the molecule is CCOc1cc(/C=C(\C#N)C(=O)Nc2ccc(C)c(C)c2)cc(I)c1OCc1ccccc1Cl. The zero-order chi connectivity index (χ0) is 24.7. The van der Waals surface area contributed by atoms with Crippen LogP contribution in [0.5, 0.6) is 11.5 Å². The first-order valence-electron chi connectivity index (χ1n) is 10.6. The molecule has 7 heteroatoms. The number of ether oxygens (including phenoxy) is 2. The molecule has 0 radical (unpaired) electrons. The number of carbonyl (C=O) groups excluding carboxylic acids is 1. The van der Waals surface area contributed by atoms with Gasteiger partial charge in [-0.2, -0.15) is 5.26 Å². The van der Waals surface area contributed by atoms with Gasteiger partial charge in [-0.3, -0.25) is 4.79 Å². The Morgan fingerprint density at radius 2 is 1.88 bits per heavy atom. The van der Waals surface area contributed by atoms with Crippen LogP contribution in [0.3, 0.4) is 0 Å². The number of aryl methyl sites for hydroxylation is 2. The molecule has 0 aliphatic rings. The molecule has 0 aromatic heterocycles. The van der Waals surface area contributed by atoms with E-state index in [0.717, 1.165) is 20.3 Å². The number of carbonyl (C=O) groups is 1. The van der Waals surface area contributed by atoms with Crippen molar-refractivity contribution in [2.45, 2.75) is 27.4 Å². The maximum Gasteiger partial charge on any atom is 0.266 e. The molecule has 0 aliphatic carbocycles. The maximum absolute atomic E-state index is 12.7. The van der Waals surface area contributed by atoms with E-state index in [4.69, 9.17) is 21.1 Å². The standard InChI is InChI=1S/C27H24ClIN2O3/c1-4-33-25-14-19(13-24(29)26(25)34-16-20-7-5-6-8-23(20)28)12-21(15-30)27(32)31-22-10-9-17(2)18(3)11-22/h5-14H,4,16H2,1-3H3,(H,31,32)/b21-12+. The van der Waals surface area contributed by atoms with Gasteiger partial charge in [-0.05, 0) is 96.5 Å². The molecule has 0 unspecified atom stereocenters. The predicted octanol–water partition coefficient (Wildman–Crippen LogP) is 7.08. The third-order valence-electron chi connectivity index (χ3n) is 5.10. The van der Waals surface area contributed by atoms with Gasteiger partial charge in [0, 0.05) is 16.3 Å². The lowest BCUT2D eigenvalue weighted by Gasteiger charge is -2.15. The zero-order valence-electron chi connectivity index (χ0n) is 19.1. The molecule has 174 valence electrons. The molecule has 0 saturated heterocycles. The van der Waals surface area contributed by atoms with E-state index in [0.29, 0.717) is 34.4 Å². The summed E-state index contributed by atoms with van der Waals surface area (Å²) in [6.07, 6.45) is 1.54. The minimum atomic E-state index is -0.474. The van der Waals surface area contributed by atoms with Crippen LogP contribution in [0, 0.1) is 28.7 Å². The fraction of sp³-hybridized carbons (Fsp3) is 0.185. The number of amides is 1. The minimum Gasteiger partial charge on any atom is -0.490 e. The molecule has 1 amide bonds. The third kappa shape index (κ3) is 6.52. The molecule has 0 atom stereocenters. The van der Waals surface area contributed by atoms with Gasteiger partial charge in [-0.15, -0.1) is 0 Å². The molecule has 0 saturated carbocycles. The van der Waals surface area contributed by atoms with E-state index >= 15 is 0 Å². The van der Waals surface area contributed by atoms with Gasteiger partial charge in [0.15, 0.2) is 11.5 Å². The second kappa shape index (κ2) is 11.9. The highest BCUT2D eigenvalue weighted by atomic mass is 127. The van der Waals surface area contributed by atoms with E-state index in [2.05, 4.69) is 27.9 Å². The van der Waals surface area contributed by atoms with Gasteiger partial charge in [0.2, 0.25) is 0 Å². The lowest BCUT2D eigenvalue weighted by molar-refractivity contribution is -0.112. The molecule has 0 aliphatic heterocycles. The largest absolute Gasteiger partial charge is 0.490 e. The van der Waals surface area contributed by atoms with Crippen molar-refractivity contribution >= 4 is 51.9 Å². The summed E-state index contributed by atoms with van der Waals surface area (Å²) in [4.78, 5) is 12.7. The topological polar surface area (TPSA) is 71.3 Å². The summed E-state index contributed by atoms with van der Waals surface area (Å²) in [6, 6.07) is 18.7. The van der Waals surface area contributed by atoms with Gasteiger partial charge < -0.3 is 14.8 Å². The lowest BCUT2D eigenvalue weighted by atomic mass is 10.1. The number of hydrogen-bond acceptors (Lipinski definition) is 4. The maximum atomic E-state index is 12.7. The van der Waals surface area contributed by atoms with Crippen molar-refractivity contribution in [2.75, 3.05) is 11.9 Å². The summed E-state index contributed by atoms with van der Waals surface area (Å²) in [7, 11) is 0. The van der Waals surface area contributed by atoms with Gasteiger partial charge in [0.1, 0.15) is 18.2 Å². The van der Waals surface area contributed by atoms with Crippen LogP contribution >= 0.6 is 34.2 Å². The zero-order valence-corrected chi connectivity index (χ0v) is 22.0. The van der Waals surface area contributed by atoms with Crippen LogP contribution in [-0.2, 0) is 11.4 Å². The lowest BCUT2D eigenvalue weighted by Crippen LogP contribution is -2.13. The quantitative estimate of drug-likeness (QED) is 0.174. The Hall–Kier alpha value is -3.02. The van der Waals surface area contributed by atoms with Crippen molar-refractivity contribution in [3.05, 3.63) is 91.0 Å². The van der Waals surface area contributed by atoms with E-state index in [9.17, 15) is 10.1 Å². The van der Waals surface area contributed by atoms with Gasteiger partial charge >= 0.3 is 0 Å². The number of nitrogens with one attached hydrogen (secondary N) is 1. The second-order valence-electron chi connectivity index (χ2n) is 7.57. The Morgan fingerprint density at radius 1 is 1.12 bits per heavy atom. The second-order valence-corrected chi connectivity index (χ2v) is 9.14. The first-order valence-corrected chi connectivity index (χ1v) is 12.1. The van der Waals surface area contributed by atoms with Crippen molar-refractivity contribution in [3.8, 4) is 17.6 Å². The number of nitriles is 1. The molecule has 3 aromatic carbocycles. The molecule has 1 N–H and O–H groups in total. The van der Waals surface area contributed by atoms with E-state index in [-0.39, 0.29) is 12.2 Å². The van der Waals surface area contributed by atoms with Crippen LogP contribution in [0.2, 0.25) is 5.02 Å². The molecule has 3 rings (SSSR count). The first kappa shape index (κ1) is 25.6. The van der Waals surface area contributed by atoms with Gasteiger partial charge in [0.25, 0.3) is 5.91 Å². The summed E-state index contributed by atoms with van der Waals surface area (Å²) >= 11 is 8.40. The van der Waals surface area contributed by atoms with Crippen molar-refractivity contribution < 1.29 is 14.3 Å². The summed E-state index contributed by atoms with van der Waals surface area (Å²) < 4.78 is 12.6. The van der Waals surface area contributed by atoms with Crippen molar-refractivity contribution in [3.63, 3.8) is 0 Å². The molecule has 0 spiro atoms. The van der Waals surface area contributed by atoms with Crippen molar-refractivity contribution in [2.24, 2.45) is 0 Å². The van der Waals surface area contributed by atoms with E-state index in [1.165, 1.54) is 0 Å². The van der Waals surface area contributed by atoms with E-state index in [1.807, 2.05) is 75.4 Å². The molecule has 0 fully saturated rings. The molecular weight excluding hydrogens is 563 g/mol. The van der Waals surface area contributed by atoms with Crippen molar-refractivity contribution in [1.82, 2.24) is 0 Å². The Balaban J connectivity index is 1.86. The Morgan fingerprint density at radius 3 is 2.56 bits per heavy atom. The number of rotatable bonds is 8. The smallest absolute Gasteiger partial charge is 0.266 e. The highest BCUT2D eigenvalue weighted by molar-refractivity contribution is 14.1. The summed E-state index contributed by atoms with van der Waals surface area (Å²) in [5.74, 6) is 0.634. The average molecular weight is 587 g/mol. The minimum absolute atomic E-state index is 0.0128. The number of hydrogen-bond donors (Lipinski definition) is 1. The average Bonchev–Trinajstić information content (AvgIpc) is 2.80. The third-order valence-corrected chi connectivity index (χ3v) is 6.27. The molecule has 0 heterocycles.